The summed E-state index contributed by atoms with van der Waals surface area (Å²) in [4.78, 5) is 16.8. The molecule has 0 saturated carbocycles. The van der Waals surface area contributed by atoms with E-state index in [1.165, 1.54) is 17.3 Å². The molecule has 1 aromatic carbocycles. The summed E-state index contributed by atoms with van der Waals surface area (Å²) >= 11 is 1.43. The number of carbonyl (C=O) groups is 1. The molecule has 0 bridgehead atoms. The highest BCUT2D eigenvalue weighted by atomic mass is 32.2. The van der Waals surface area contributed by atoms with Crippen LogP contribution in [0.4, 0.5) is 11.5 Å². The van der Waals surface area contributed by atoms with Gasteiger partial charge in [0.1, 0.15) is 5.82 Å². The average Bonchev–Trinajstić information content (AvgIpc) is 2.42. The van der Waals surface area contributed by atoms with Crippen molar-refractivity contribution in [2.24, 2.45) is 0 Å². The number of nitrogens with one attached hydrogen (secondary N) is 1. The van der Waals surface area contributed by atoms with Crippen molar-refractivity contribution in [2.75, 3.05) is 16.8 Å². The lowest BCUT2D eigenvalue weighted by molar-refractivity contribution is -0.113. The molecule has 0 aliphatic rings. The van der Waals surface area contributed by atoms with E-state index in [-0.39, 0.29) is 5.91 Å². The highest BCUT2D eigenvalue weighted by molar-refractivity contribution is 8.00. The Morgan fingerprint density at radius 2 is 2.05 bits per heavy atom. The molecule has 2 rings (SSSR count). The molecular weight excluding hydrogens is 270 g/mol. The fourth-order valence-corrected chi connectivity index (χ4v) is 2.30. The summed E-state index contributed by atoms with van der Waals surface area (Å²) in [5.41, 5.74) is 8.72. The predicted molar refractivity (Wildman–Crippen MR) is 83.9 cm³/mol. The normalized spacial score (nSPS) is 10.3. The average molecular weight is 287 g/mol. The zero-order chi connectivity index (χ0) is 14.5. The van der Waals surface area contributed by atoms with Crippen LogP contribution in [-0.4, -0.2) is 16.6 Å². The molecule has 0 aliphatic carbocycles. The number of benzene rings is 1. The van der Waals surface area contributed by atoms with Crippen LogP contribution in [0.2, 0.25) is 0 Å². The lowest BCUT2D eigenvalue weighted by atomic mass is 10.1. The first kappa shape index (κ1) is 14.4. The fraction of sp³-hybridized carbons (Fsp3) is 0.200. The third-order valence-electron chi connectivity index (χ3n) is 2.92. The third-order valence-corrected chi connectivity index (χ3v) is 3.90. The summed E-state index contributed by atoms with van der Waals surface area (Å²) in [5.74, 6) is 0.794. The van der Waals surface area contributed by atoms with Gasteiger partial charge in [0.2, 0.25) is 5.91 Å². The van der Waals surface area contributed by atoms with Gasteiger partial charge in [-0.3, -0.25) is 4.79 Å². The largest absolute Gasteiger partial charge is 0.384 e. The minimum absolute atomic E-state index is 0.0323. The Kier molecular flexibility index (Phi) is 4.63. The zero-order valence-corrected chi connectivity index (χ0v) is 12.3. The number of anilines is 2. The monoisotopic (exact) mass is 287 g/mol. The summed E-state index contributed by atoms with van der Waals surface area (Å²) in [6, 6.07) is 9.47. The van der Waals surface area contributed by atoms with Gasteiger partial charge in [0.05, 0.1) is 5.75 Å². The number of aryl methyl sites for hydroxylation is 2. The molecule has 5 heteroatoms. The number of rotatable bonds is 4. The quantitative estimate of drug-likeness (QED) is 0.848. The number of thioether (sulfide) groups is 1. The van der Waals surface area contributed by atoms with Crippen LogP contribution in [0.1, 0.15) is 11.1 Å². The summed E-state index contributed by atoms with van der Waals surface area (Å²) in [6.07, 6.45) is 1.67. The van der Waals surface area contributed by atoms with E-state index >= 15 is 0 Å². The lowest BCUT2D eigenvalue weighted by Crippen LogP contribution is -2.14. The molecule has 0 atom stereocenters. The number of nitrogens with two attached hydrogens (primary N) is 1. The number of hydrogen-bond donors (Lipinski definition) is 2. The van der Waals surface area contributed by atoms with Crippen LogP contribution in [0.15, 0.2) is 41.4 Å². The molecule has 0 aliphatic heterocycles. The Hall–Kier alpha value is -2.01. The molecule has 0 fully saturated rings. The molecule has 4 nitrogen and oxygen atoms in total. The Morgan fingerprint density at radius 1 is 1.25 bits per heavy atom. The smallest absolute Gasteiger partial charge is 0.234 e. The predicted octanol–water partition coefficient (Wildman–Crippen LogP) is 3.01. The minimum atomic E-state index is -0.0323. The summed E-state index contributed by atoms with van der Waals surface area (Å²) in [7, 11) is 0. The third kappa shape index (κ3) is 3.99. The van der Waals surface area contributed by atoms with E-state index in [0.29, 0.717) is 11.6 Å². The van der Waals surface area contributed by atoms with Gasteiger partial charge in [-0.05, 0) is 49.2 Å². The van der Waals surface area contributed by atoms with Gasteiger partial charge in [-0.1, -0.05) is 6.07 Å². The van der Waals surface area contributed by atoms with Gasteiger partial charge in [-0.25, -0.2) is 4.98 Å². The molecule has 1 aromatic heterocycles. The number of amides is 1. The first-order chi connectivity index (χ1) is 9.54. The molecule has 0 saturated heterocycles. The van der Waals surface area contributed by atoms with E-state index in [4.69, 9.17) is 5.73 Å². The first-order valence-electron chi connectivity index (χ1n) is 6.26. The Balaban J connectivity index is 1.89. The minimum Gasteiger partial charge on any atom is -0.384 e. The van der Waals surface area contributed by atoms with Crippen molar-refractivity contribution in [3.8, 4) is 0 Å². The van der Waals surface area contributed by atoms with E-state index in [1.807, 2.05) is 38.1 Å². The van der Waals surface area contributed by atoms with Gasteiger partial charge in [-0.15, -0.1) is 11.8 Å². The highest BCUT2D eigenvalue weighted by Crippen LogP contribution is 2.18. The SMILES string of the molecule is Cc1ccc(NC(=O)CSc2ccc(N)nc2)cc1C. The van der Waals surface area contributed by atoms with Gasteiger partial charge >= 0.3 is 0 Å². The molecule has 2 aromatic rings. The molecule has 3 N–H and O–H groups in total. The molecule has 1 heterocycles. The fourth-order valence-electron chi connectivity index (χ4n) is 1.64. The number of aromatic nitrogens is 1. The van der Waals surface area contributed by atoms with E-state index < -0.39 is 0 Å². The highest BCUT2D eigenvalue weighted by Gasteiger charge is 2.05. The first-order valence-corrected chi connectivity index (χ1v) is 7.24. The van der Waals surface area contributed by atoms with E-state index in [2.05, 4.69) is 10.3 Å². The summed E-state index contributed by atoms with van der Waals surface area (Å²) in [6.45, 7) is 4.07. The van der Waals surface area contributed by atoms with Crippen molar-refractivity contribution < 1.29 is 4.79 Å². The molecule has 0 spiro atoms. The lowest BCUT2D eigenvalue weighted by Gasteiger charge is -2.07. The zero-order valence-electron chi connectivity index (χ0n) is 11.5. The summed E-state index contributed by atoms with van der Waals surface area (Å²) < 4.78 is 0. The van der Waals surface area contributed by atoms with Crippen LogP contribution in [0.3, 0.4) is 0 Å². The number of pyridine rings is 1. The van der Waals surface area contributed by atoms with Crippen molar-refractivity contribution in [1.29, 1.82) is 0 Å². The maximum absolute atomic E-state index is 11.9. The number of nitrogen functional groups attached to an aromatic ring is 1. The van der Waals surface area contributed by atoms with Gasteiger partial charge < -0.3 is 11.1 Å². The van der Waals surface area contributed by atoms with E-state index in [9.17, 15) is 4.79 Å². The second-order valence-electron chi connectivity index (χ2n) is 4.55. The molecule has 0 unspecified atom stereocenters. The van der Waals surface area contributed by atoms with Crippen LogP contribution in [0.5, 0.6) is 0 Å². The second-order valence-corrected chi connectivity index (χ2v) is 5.60. The van der Waals surface area contributed by atoms with Crippen LogP contribution in [0.25, 0.3) is 0 Å². The number of nitrogens with zero attached hydrogens (tertiary/aromatic N) is 1. The van der Waals surface area contributed by atoms with Crippen molar-refractivity contribution >= 4 is 29.2 Å². The maximum Gasteiger partial charge on any atom is 0.234 e. The molecule has 104 valence electrons. The van der Waals surface area contributed by atoms with Gasteiger partial charge in [0, 0.05) is 16.8 Å². The van der Waals surface area contributed by atoms with Crippen LogP contribution in [0, 0.1) is 13.8 Å². The van der Waals surface area contributed by atoms with Crippen LogP contribution < -0.4 is 11.1 Å². The molecule has 20 heavy (non-hydrogen) atoms. The second kappa shape index (κ2) is 6.43. The van der Waals surface area contributed by atoms with Crippen LogP contribution in [-0.2, 0) is 4.79 Å². The number of carbonyl (C=O) groups excluding carboxylic acids is 1. The molecule has 0 radical (unpaired) electrons. The maximum atomic E-state index is 11.9. The van der Waals surface area contributed by atoms with Gasteiger partial charge in [-0.2, -0.15) is 0 Å². The molecular formula is C15H17N3OS. The number of hydrogen-bond acceptors (Lipinski definition) is 4. The Morgan fingerprint density at radius 3 is 2.70 bits per heavy atom. The summed E-state index contributed by atoms with van der Waals surface area (Å²) in [5, 5.41) is 2.89. The van der Waals surface area contributed by atoms with Crippen molar-refractivity contribution in [3.63, 3.8) is 0 Å². The topological polar surface area (TPSA) is 68.0 Å². The van der Waals surface area contributed by atoms with Crippen molar-refractivity contribution in [2.45, 2.75) is 18.7 Å². The van der Waals surface area contributed by atoms with Crippen molar-refractivity contribution in [1.82, 2.24) is 4.98 Å². The van der Waals surface area contributed by atoms with E-state index in [1.54, 1.807) is 12.3 Å². The standard InChI is InChI=1S/C15H17N3OS/c1-10-3-4-12(7-11(10)2)18-15(19)9-20-13-5-6-14(16)17-8-13/h3-8H,9H2,1-2H3,(H2,16,17)(H,18,19). The van der Waals surface area contributed by atoms with Crippen LogP contribution >= 0.6 is 11.8 Å². The Labute approximate surface area is 122 Å². The van der Waals surface area contributed by atoms with E-state index in [0.717, 1.165) is 16.1 Å². The Bertz CT molecular complexity index is 611. The van der Waals surface area contributed by atoms with Gasteiger partial charge in [0.25, 0.3) is 0 Å². The van der Waals surface area contributed by atoms with Gasteiger partial charge in [0.15, 0.2) is 0 Å². The van der Waals surface area contributed by atoms with Crippen molar-refractivity contribution in [3.05, 3.63) is 47.7 Å². The molecule has 1 amide bonds.